The van der Waals surface area contributed by atoms with Crippen molar-refractivity contribution in [1.29, 1.82) is 0 Å². The van der Waals surface area contributed by atoms with Crippen molar-refractivity contribution in [3.05, 3.63) is 0 Å². The Balaban J connectivity index is 1.55. The molecule has 28 heavy (non-hydrogen) atoms. The average molecular weight is 395 g/mol. The topological polar surface area (TPSA) is 87.0 Å². The second-order valence-corrected chi connectivity index (χ2v) is 10.9. The number of aliphatic hydroxyl groups is 2. The largest absolute Gasteiger partial charge is 0.480 e. The number of aliphatic hydroxyl groups excluding tert-OH is 2. The quantitative estimate of drug-likeness (QED) is 0.680. The zero-order valence-electron chi connectivity index (χ0n) is 17.6. The molecule has 0 aromatic rings. The minimum Gasteiger partial charge on any atom is -0.480 e. The van der Waals surface area contributed by atoms with Crippen molar-refractivity contribution in [3.63, 3.8) is 0 Å². The molecule has 0 spiro atoms. The summed E-state index contributed by atoms with van der Waals surface area (Å²) in [5.41, 5.74) is 0.366. The van der Waals surface area contributed by atoms with Crippen molar-refractivity contribution in [3.8, 4) is 0 Å². The van der Waals surface area contributed by atoms with Gasteiger partial charge >= 0.3 is 5.97 Å². The first-order valence-corrected chi connectivity index (χ1v) is 11.4. The molecule has 5 heteroatoms. The third-order valence-electron chi connectivity index (χ3n) is 9.77. The lowest BCUT2D eigenvalue weighted by molar-refractivity contribution is -0.178. The molecule has 160 valence electrons. The molecule has 4 saturated carbocycles. The molecule has 5 nitrogen and oxygen atoms in total. The van der Waals surface area contributed by atoms with Crippen LogP contribution in [0.5, 0.6) is 0 Å². The molecule has 4 aliphatic rings. The standard InChI is InChI=1S/C23H38O5/c1-13(28-12-20(26)27)16-4-5-17-21-18(7-9-23(16,17)3)22(2)8-6-15(24)10-14(22)11-19(21)25/h13-19,21,24-25H,4-12H2,1-3H3,(H,26,27)/t13-,14-,15+,16+,17-,18-,19+,21-,22-,23+/m0/s1. The number of hydrogen-bond acceptors (Lipinski definition) is 4. The third kappa shape index (κ3) is 3.13. The molecule has 3 N–H and O–H groups in total. The van der Waals surface area contributed by atoms with Crippen LogP contribution in [0.15, 0.2) is 0 Å². The van der Waals surface area contributed by atoms with Crippen LogP contribution in [-0.4, -0.2) is 46.2 Å². The summed E-state index contributed by atoms with van der Waals surface area (Å²) >= 11 is 0. The van der Waals surface area contributed by atoms with E-state index >= 15 is 0 Å². The van der Waals surface area contributed by atoms with Gasteiger partial charge in [0.25, 0.3) is 0 Å². The summed E-state index contributed by atoms with van der Waals surface area (Å²) in [6.45, 7) is 6.61. The normalized spacial score (nSPS) is 51.7. The van der Waals surface area contributed by atoms with Gasteiger partial charge in [0.2, 0.25) is 0 Å². The fourth-order valence-corrected chi connectivity index (χ4v) is 8.33. The summed E-state index contributed by atoms with van der Waals surface area (Å²) in [6.07, 6.45) is 7.59. The molecule has 0 amide bonds. The van der Waals surface area contributed by atoms with E-state index in [1.807, 2.05) is 6.92 Å². The van der Waals surface area contributed by atoms with Crippen LogP contribution >= 0.6 is 0 Å². The fourth-order valence-electron chi connectivity index (χ4n) is 8.33. The lowest BCUT2D eigenvalue weighted by atomic mass is 9.44. The zero-order valence-corrected chi connectivity index (χ0v) is 17.6. The van der Waals surface area contributed by atoms with Crippen LogP contribution in [0, 0.1) is 40.4 Å². The number of carboxylic acids is 1. The molecule has 0 aromatic heterocycles. The van der Waals surface area contributed by atoms with Crippen molar-refractivity contribution in [2.75, 3.05) is 6.61 Å². The number of carbonyl (C=O) groups is 1. The molecule has 4 fully saturated rings. The Morgan fingerprint density at radius 3 is 2.43 bits per heavy atom. The predicted octanol–water partition coefficient (Wildman–Crippen LogP) is 3.47. The van der Waals surface area contributed by atoms with Gasteiger partial charge in [-0.3, -0.25) is 0 Å². The molecular formula is C23H38O5. The molecule has 4 aliphatic carbocycles. The molecular weight excluding hydrogens is 356 g/mol. The van der Waals surface area contributed by atoms with E-state index in [2.05, 4.69) is 13.8 Å². The molecule has 10 atom stereocenters. The van der Waals surface area contributed by atoms with Crippen molar-refractivity contribution < 1.29 is 24.9 Å². The van der Waals surface area contributed by atoms with Gasteiger partial charge in [0.05, 0.1) is 18.3 Å². The fraction of sp³-hybridized carbons (Fsp3) is 0.957. The minimum absolute atomic E-state index is 0.0588. The molecule has 0 radical (unpaired) electrons. The summed E-state index contributed by atoms with van der Waals surface area (Å²) in [5.74, 6) is 1.27. The maximum absolute atomic E-state index is 11.2. The minimum atomic E-state index is -0.906. The number of ether oxygens (including phenoxy) is 1. The second-order valence-electron chi connectivity index (χ2n) is 10.9. The van der Waals surface area contributed by atoms with Crippen LogP contribution in [0.4, 0.5) is 0 Å². The molecule has 0 aliphatic heterocycles. The van der Waals surface area contributed by atoms with E-state index in [1.165, 1.54) is 0 Å². The Hall–Kier alpha value is -0.650. The van der Waals surface area contributed by atoms with E-state index in [-0.39, 0.29) is 35.7 Å². The van der Waals surface area contributed by atoms with E-state index in [0.717, 1.165) is 51.4 Å². The number of fused-ring (bicyclic) bond motifs is 5. The first kappa shape index (κ1) is 20.6. The Kier molecular flexibility index (Phi) is 5.33. The Morgan fingerprint density at radius 2 is 1.71 bits per heavy atom. The molecule has 4 rings (SSSR count). The number of rotatable bonds is 4. The number of aliphatic carboxylic acids is 1. The first-order chi connectivity index (χ1) is 13.2. The van der Waals surface area contributed by atoms with Crippen LogP contribution in [0.1, 0.15) is 72.1 Å². The van der Waals surface area contributed by atoms with Crippen molar-refractivity contribution in [2.24, 2.45) is 40.4 Å². The molecule has 0 bridgehead atoms. The van der Waals surface area contributed by atoms with E-state index in [4.69, 9.17) is 9.84 Å². The SMILES string of the molecule is C[C@H](OCC(=O)O)[C@H]1CC[C@H]2[C@@H]3[C@H](O)C[C@@H]4C[C@H](O)CC[C@]4(C)[C@H]3CC[C@]12C. The number of carboxylic acid groups (broad SMARTS) is 1. The van der Waals surface area contributed by atoms with Crippen molar-refractivity contribution in [1.82, 2.24) is 0 Å². The van der Waals surface area contributed by atoms with Crippen LogP contribution in [0.3, 0.4) is 0 Å². The van der Waals surface area contributed by atoms with E-state index < -0.39 is 5.97 Å². The molecule has 0 heterocycles. The highest BCUT2D eigenvalue weighted by Crippen LogP contribution is 2.67. The third-order valence-corrected chi connectivity index (χ3v) is 9.77. The Bertz CT molecular complexity index is 608. The van der Waals surface area contributed by atoms with Crippen molar-refractivity contribution >= 4 is 5.97 Å². The van der Waals surface area contributed by atoms with Gasteiger partial charge in [-0.2, -0.15) is 0 Å². The van der Waals surface area contributed by atoms with Gasteiger partial charge < -0.3 is 20.1 Å². The monoisotopic (exact) mass is 394 g/mol. The summed E-state index contributed by atoms with van der Waals surface area (Å²) in [5, 5.41) is 30.4. The van der Waals surface area contributed by atoms with Gasteiger partial charge in [-0.05, 0) is 98.7 Å². The summed E-state index contributed by atoms with van der Waals surface area (Å²) in [6, 6.07) is 0. The van der Waals surface area contributed by atoms with Gasteiger partial charge in [-0.25, -0.2) is 4.79 Å². The lowest BCUT2D eigenvalue weighted by Gasteiger charge is -2.62. The predicted molar refractivity (Wildman–Crippen MR) is 106 cm³/mol. The molecule has 0 aromatic carbocycles. The number of hydrogen-bond donors (Lipinski definition) is 3. The maximum atomic E-state index is 11.2. The first-order valence-electron chi connectivity index (χ1n) is 11.4. The molecule has 0 saturated heterocycles. The summed E-state index contributed by atoms with van der Waals surface area (Å²) in [4.78, 5) is 10.9. The van der Waals surface area contributed by atoms with Gasteiger partial charge in [0.1, 0.15) is 6.61 Å². The smallest absolute Gasteiger partial charge is 0.329 e. The van der Waals surface area contributed by atoms with Crippen LogP contribution in [0.25, 0.3) is 0 Å². The summed E-state index contributed by atoms with van der Waals surface area (Å²) < 4.78 is 5.69. The molecule has 0 unspecified atom stereocenters. The highest BCUT2D eigenvalue weighted by Gasteiger charge is 2.63. The highest BCUT2D eigenvalue weighted by atomic mass is 16.5. The van der Waals surface area contributed by atoms with Gasteiger partial charge in [0, 0.05) is 0 Å². The lowest BCUT2D eigenvalue weighted by Crippen LogP contribution is -2.58. The van der Waals surface area contributed by atoms with E-state index in [0.29, 0.717) is 29.6 Å². The zero-order chi connectivity index (χ0) is 20.3. The maximum Gasteiger partial charge on any atom is 0.329 e. The van der Waals surface area contributed by atoms with E-state index in [9.17, 15) is 15.0 Å². The van der Waals surface area contributed by atoms with Gasteiger partial charge in [-0.15, -0.1) is 0 Å². The van der Waals surface area contributed by atoms with Gasteiger partial charge in [0.15, 0.2) is 0 Å². The van der Waals surface area contributed by atoms with Crippen LogP contribution in [0.2, 0.25) is 0 Å². The van der Waals surface area contributed by atoms with E-state index in [1.54, 1.807) is 0 Å². The van der Waals surface area contributed by atoms with Crippen LogP contribution in [-0.2, 0) is 9.53 Å². The second kappa shape index (κ2) is 7.24. The Morgan fingerprint density at radius 1 is 1.04 bits per heavy atom. The highest BCUT2D eigenvalue weighted by molar-refractivity contribution is 5.68. The van der Waals surface area contributed by atoms with Crippen molar-refractivity contribution in [2.45, 2.75) is 90.4 Å². The Labute approximate surface area is 168 Å². The average Bonchev–Trinajstić information content (AvgIpc) is 2.98. The van der Waals surface area contributed by atoms with Gasteiger partial charge in [-0.1, -0.05) is 13.8 Å². The summed E-state index contributed by atoms with van der Waals surface area (Å²) in [7, 11) is 0. The van der Waals surface area contributed by atoms with Crippen LogP contribution < -0.4 is 0 Å².